The fourth-order valence-corrected chi connectivity index (χ4v) is 2.58. The van der Waals surface area contributed by atoms with E-state index >= 15 is 0 Å². The third-order valence-corrected chi connectivity index (χ3v) is 3.89. The Morgan fingerprint density at radius 3 is 2.61 bits per heavy atom. The second-order valence-corrected chi connectivity index (χ2v) is 5.72. The number of aliphatic hydroxyl groups is 1. The molecule has 6 nitrogen and oxygen atoms in total. The number of piperazine rings is 1. The number of para-hydroxylation sites is 1. The lowest BCUT2D eigenvalue weighted by atomic mass is 10.2. The Kier molecular flexibility index (Phi) is 6.67. The number of carbonyl (C=O) groups excluding carboxylic acids is 1. The van der Waals surface area contributed by atoms with Gasteiger partial charge in [0.25, 0.3) is 0 Å². The van der Waals surface area contributed by atoms with E-state index in [-0.39, 0.29) is 12.7 Å². The molecule has 0 unspecified atom stereocenters. The lowest BCUT2D eigenvalue weighted by Crippen LogP contribution is -2.51. The number of hydrogen-bond acceptors (Lipinski definition) is 5. The van der Waals surface area contributed by atoms with Crippen LogP contribution in [0, 0.1) is 6.92 Å². The maximum Gasteiger partial charge on any atom is 0.409 e. The van der Waals surface area contributed by atoms with Gasteiger partial charge in [-0.05, 0) is 25.5 Å². The molecule has 0 bridgehead atoms. The molecule has 1 aromatic carbocycles. The van der Waals surface area contributed by atoms with Crippen LogP contribution in [0.2, 0.25) is 0 Å². The van der Waals surface area contributed by atoms with E-state index in [4.69, 9.17) is 9.47 Å². The number of aliphatic hydroxyl groups excluding tert-OH is 1. The van der Waals surface area contributed by atoms with Crippen LogP contribution in [0.5, 0.6) is 5.75 Å². The Bertz CT molecular complexity index is 501. The summed E-state index contributed by atoms with van der Waals surface area (Å²) in [4.78, 5) is 15.5. The number of hydrogen-bond donors (Lipinski definition) is 1. The van der Waals surface area contributed by atoms with E-state index < -0.39 is 6.10 Å². The standard InChI is InChI=1S/C17H26N2O4/c1-3-22-17(21)19-10-8-18(9-11-19)12-15(20)13-23-16-7-5-4-6-14(16)2/h4-7,15,20H,3,8-13H2,1-2H3/t15-/m1/s1. The van der Waals surface area contributed by atoms with Crippen LogP contribution in [-0.2, 0) is 4.74 Å². The first-order valence-electron chi connectivity index (χ1n) is 8.10. The Labute approximate surface area is 137 Å². The van der Waals surface area contributed by atoms with Gasteiger partial charge in [-0.25, -0.2) is 4.79 Å². The molecule has 1 aliphatic rings. The van der Waals surface area contributed by atoms with Gasteiger partial charge in [0.2, 0.25) is 0 Å². The van der Waals surface area contributed by atoms with Gasteiger partial charge in [0, 0.05) is 32.7 Å². The minimum absolute atomic E-state index is 0.254. The summed E-state index contributed by atoms with van der Waals surface area (Å²) < 4.78 is 10.7. The molecule has 6 heteroatoms. The molecule has 128 valence electrons. The number of rotatable bonds is 6. The highest BCUT2D eigenvalue weighted by Gasteiger charge is 2.23. The van der Waals surface area contributed by atoms with E-state index in [9.17, 15) is 9.90 Å². The molecule has 1 saturated heterocycles. The van der Waals surface area contributed by atoms with Crippen LogP contribution in [0.4, 0.5) is 4.79 Å². The fraction of sp³-hybridized carbons (Fsp3) is 0.588. The van der Waals surface area contributed by atoms with Crippen LogP contribution in [0.1, 0.15) is 12.5 Å². The summed E-state index contributed by atoms with van der Waals surface area (Å²) in [6, 6.07) is 7.77. The zero-order valence-electron chi connectivity index (χ0n) is 13.9. The van der Waals surface area contributed by atoms with Crippen molar-refractivity contribution in [1.29, 1.82) is 0 Å². The van der Waals surface area contributed by atoms with Gasteiger partial charge in [-0.2, -0.15) is 0 Å². The predicted molar refractivity (Wildman–Crippen MR) is 87.7 cm³/mol. The first-order chi connectivity index (χ1) is 11.1. The molecule has 0 aromatic heterocycles. The van der Waals surface area contributed by atoms with E-state index in [1.165, 1.54) is 0 Å². The number of nitrogens with zero attached hydrogens (tertiary/aromatic N) is 2. The molecule has 1 amide bonds. The van der Waals surface area contributed by atoms with Crippen LogP contribution in [0.3, 0.4) is 0 Å². The minimum Gasteiger partial charge on any atom is -0.491 e. The van der Waals surface area contributed by atoms with E-state index in [1.807, 2.05) is 31.2 Å². The monoisotopic (exact) mass is 322 g/mol. The first kappa shape index (κ1) is 17.6. The quantitative estimate of drug-likeness (QED) is 0.860. The van der Waals surface area contributed by atoms with E-state index in [0.717, 1.165) is 24.4 Å². The Morgan fingerprint density at radius 2 is 1.96 bits per heavy atom. The van der Waals surface area contributed by atoms with E-state index in [1.54, 1.807) is 11.8 Å². The van der Waals surface area contributed by atoms with Crippen molar-refractivity contribution in [3.05, 3.63) is 29.8 Å². The number of β-amino-alcohol motifs (C(OH)–C–C–N with tert-alkyl or cyclic N) is 1. The highest BCUT2D eigenvalue weighted by Crippen LogP contribution is 2.16. The zero-order valence-corrected chi connectivity index (χ0v) is 13.9. The van der Waals surface area contributed by atoms with Gasteiger partial charge in [0.1, 0.15) is 18.5 Å². The molecule has 1 heterocycles. The van der Waals surface area contributed by atoms with Crippen molar-refractivity contribution in [3.63, 3.8) is 0 Å². The highest BCUT2D eigenvalue weighted by atomic mass is 16.6. The summed E-state index contributed by atoms with van der Waals surface area (Å²) >= 11 is 0. The second-order valence-electron chi connectivity index (χ2n) is 5.72. The fourth-order valence-electron chi connectivity index (χ4n) is 2.58. The summed E-state index contributed by atoms with van der Waals surface area (Å²) in [5.41, 5.74) is 1.06. The lowest BCUT2D eigenvalue weighted by Gasteiger charge is -2.34. The molecular formula is C17H26N2O4. The van der Waals surface area contributed by atoms with Crippen molar-refractivity contribution in [3.8, 4) is 5.75 Å². The molecule has 1 fully saturated rings. The number of benzene rings is 1. The average Bonchev–Trinajstić information content (AvgIpc) is 2.55. The molecule has 1 atom stereocenters. The normalized spacial score (nSPS) is 16.9. The smallest absolute Gasteiger partial charge is 0.409 e. The third kappa shape index (κ3) is 5.41. The van der Waals surface area contributed by atoms with E-state index in [2.05, 4.69) is 4.90 Å². The molecular weight excluding hydrogens is 296 g/mol. The van der Waals surface area contributed by atoms with Gasteiger partial charge in [0.05, 0.1) is 6.61 Å². The molecule has 1 aromatic rings. The summed E-state index contributed by atoms with van der Waals surface area (Å²) in [6.07, 6.45) is -0.806. The minimum atomic E-state index is -0.552. The van der Waals surface area contributed by atoms with Crippen LogP contribution >= 0.6 is 0 Å². The highest BCUT2D eigenvalue weighted by molar-refractivity contribution is 5.67. The predicted octanol–water partition coefficient (Wildman–Crippen LogP) is 1.51. The van der Waals surface area contributed by atoms with Gasteiger partial charge in [0.15, 0.2) is 0 Å². The van der Waals surface area contributed by atoms with E-state index in [0.29, 0.717) is 26.2 Å². The maximum atomic E-state index is 11.6. The Balaban J connectivity index is 1.69. The van der Waals surface area contributed by atoms with Crippen LogP contribution < -0.4 is 4.74 Å². The van der Waals surface area contributed by atoms with Gasteiger partial charge in [-0.3, -0.25) is 4.90 Å². The van der Waals surface area contributed by atoms with Crippen molar-refractivity contribution in [2.75, 3.05) is 45.9 Å². The van der Waals surface area contributed by atoms with Gasteiger partial charge < -0.3 is 19.5 Å². The molecule has 0 radical (unpaired) electrons. The van der Waals surface area contributed by atoms with Crippen molar-refractivity contribution < 1.29 is 19.4 Å². The molecule has 1 N–H and O–H groups in total. The number of ether oxygens (including phenoxy) is 2. The number of amides is 1. The van der Waals surface area contributed by atoms with Gasteiger partial charge >= 0.3 is 6.09 Å². The topological polar surface area (TPSA) is 62.2 Å². The van der Waals surface area contributed by atoms with Crippen molar-refractivity contribution in [1.82, 2.24) is 9.80 Å². The summed E-state index contributed by atoms with van der Waals surface area (Å²) in [6.45, 7) is 7.73. The zero-order chi connectivity index (χ0) is 16.7. The molecule has 0 spiro atoms. The Morgan fingerprint density at radius 1 is 1.26 bits per heavy atom. The molecule has 0 aliphatic carbocycles. The summed E-state index contributed by atoms with van der Waals surface area (Å²) in [5.74, 6) is 0.804. The van der Waals surface area contributed by atoms with Crippen molar-refractivity contribution >= 4 is 6.09 Å². The Hall–Kier alpha value is -1.79. The molecule has 1 aliphatic heterocycles. The maximum absolute atomic E-state index is 11.6. The molecule has 23 heavy (non-hydrogen) atoms. The SMILES string of the molecule is CCOC(=O)N1CCN(C[C@@H](O)COc2ccccc2C)CC1. The molecule has 2 rings (SSSR count). The summed E-state index contributed by atoms with van der Waals surface area (Å²) in [5, 5.41) is 10.1. The third-order valence-electron chi connectivity index (χ3n) is 3.89. The number of aryl methyl sites for hydroxylation is 1. The first-order valence-corrected chi connectivity index (χ1v) is 8.10. The summed E-state index contributed by atoms with van der Waals surface area (Å²) in [7, 11) is 0. The molecule has 0 saturated carbocycles. The number of carbonyl (C=O) groups is 1. The average molecular weight is 322 g/mol. The van der Waals surface area contributed by atoms with Crippen LogP contribution in [0.25, 0.3) is 0 Å². The van der Waals surface area contributed by atoms with Crippen LogP contribution in [-0.4, -0.2) is 73.0 Å². The van der Waals surface area contributed by atoms with Gasteiger partial charge in [-0.15, -0.1) is 0 Å². The van der Waals surface area contributed by atoms with Crippen molar-refractivity contribution in [2.24, 2.45) is 0 Å². The van der Waals surface area contributed by atoms with Gasteiger partial charge in [-0.1, -0.05) is 18.2 Å². The largest absolute Gasteiger partial charge is 0.491 e. The lowest BCUT2D eigenvalue weighted by molar-refractivity contribution is 0.0406. The van der Waals surface area contributed by atoms with Crippen LogP contribution in [0.15, 0.2) is 24.3 Å². The van der Waals surface area contributed by atoms with Crippen molar-refractivity contribution in [2.45, 2.75) is 20.0 Å². The second kappa shape index (κ2) is 8.74.